The van der Waals surface area contributed by atoms with Crippen molar-refractivity contribution in [3.05, 3.63) is 62.3 Å². The summed E-state index contributed by atoms with van der Waals surface area (Å²) < 4.78 is 0. The Balaban J connectivity index is 2.09. The van der Waals surface area contributed by atoms with Gasteiger partial charge in [0.1, 0.15) is 0 Å². The van der Waals surface area contributed by atoms with Crippen LogP contribution in [0.2, 0.25) is 0 Å². The minimum Gasteiger partial charge on any atom is -0.305 e. The summed E-state index contributed by atoms with van der Waals surface area (Å²) in [7, 11) is 0. The quantitative estimate of drug-likeness (QED) is 0.662. The first-order valence-electron chi connectivity index (χ1n) is 5.67. The SMILES string of the molecule is CC(NCc1cccs1)c1ccccc1[N+](=O)[O-]. The molecule has 5 heteroatoms. The van der Waals surface area contributed by atoms with E-state index < -0.39 is 0 Å². The Bertz CT molecular complexity index is 526. The van der Waals surface area contributed by atoms with Gasteiger partial charge in [-0.2, -0.15) is 0 Å². The van der Waals surface area contributed by atoms with Gasteiger partial charge in [-0.05, 0) is 18.4 Å². The van der Waals surface area contributed by atoms with Crippen LogP contribution in [0.1, 0.15) is 23.4 Å². The molecule has 2 rings (SSSR count). The van der Waals surface area contributed by atoms with Crippen LogP contribution in [-0.2, 0) is 6.54 Å². The fourth-order valence-electron chi connectivity index (χ4n) is 1.80. The summed E-state index contributed by atoms with van der Waals surface area (Å²) in [6.45, 7) is 2.67. The van der Waals surface area contributed by atoms with Crippen molar-refractivity contribution in [3.63, 3.8) is 0 Å². The van der Waals surface area contributed by atoms with E-state index >= 15 is 0 Å². The first-order valence-corrected chi connectivity index (χ1v) is 6.55. The third-order valence-electron chi connectivity index (χ3n) is 2.76. The van der Waals surface area contributed by atoms with Crippen LogP contribution < -0.4 is 5.32 Å². The van der Waals surface area contributed by atoms with E-state index in [-0.39, 0.29) is 16.7 Å². The van der Waals surface area contributed by atoms with E-state index in [1.807, 2.05) is 30.5 Å². The molecule has 2 aromatic rings. The third kappa shape index (κ3) is 2.94. The van der Waals surface area contributed by atoms with Crippen molar-refractivity contribution in [2.75, 3.05) is 0 Å². The van der Waals surface area contributed by atoms with Crippen LogP contribution in [0, 0.1) is 10.1 Å². The molecule has 0 fully saturated rings. The van der Waals surface area contributed by atoms with Crippen LogP contribution in [0.3, 0.4) is 0 Å². The predicted octanol–water partition coefficient (Wildman–Crippen LogP) is 3.51. The molecule has 1 N–H and O–H groups in total. The Kier molecular flexibility index (Phi) is 4.07. The number of nitrogens with one attached hydrogen (secondary N) is 1. The number of nitro groups is 1. The largest absolute Gasteiger partial charge is 0.305 e. The number of para-hydroxylation sites is 1. The van der Waals surface area contributed by atoms with Gasteiger partial charge in [-0.3, -0.25) is 10.1 Å². The molecular weight excluding hydrogens is 248 g/mol. The monoisotopic (exact) mass is 262 g/mol. The molecule has 0 aliphatic rings. The smallest absolute Gasteiger partial charge is 0.274 e. The van der Waals surface area contributed by atoms with Gasteiger partial charge in [0.15, 0.2) is 0 Å². The van der Waals surface area contributed by atoms with Crippen molar-refractivity contribution in [2.24, 2.45) is 0 Å². The molecule has 0 saturated heterocycles. The number of rotatable bonds is 5. The lowest BCUT2D eigenvalue weighted by molar-refractivity contribution is -0.385. The van der Waals surface area contributed by atoms with E-state index in [0.29, 0.717) is 0 Å². The molecule has 0 spiro atoms. The first-order chi connectivity index (χ1) is 8.68. The molecule has 0 amide bonds. The van der Waals surface area contributed by atoms with Crippen molar-refractivity contribution in [1.82, 2.24) is 5.32 Å². The van der Waals surface area contributed by atoms with Crippen molar-refractivity contribution >= 4 is 17.0 Å². The Hall–Kier alpha value is -1.72. The number of hydrogen-bond donors (Lipinski definition) is 1. The van der Waals surface area contributed by atoms with Gasteiger partial charge in [-0.15, -0.1) is 11.3 Å². The lowest BCUT2D eigenvalue weighted by Gasteiger charge is -2.13. The molecule has 1 heterocycles. The van der Waals surface area contributed by atoms with Gasteiger partial charge in [0.05, 0.1) is 4.92 Å². The Morgan fingerprint density at radius 1 is 1.33 bits per heavy atom. The summed E-state index contributed by atoms with van der Waals surface area (Å²) in [5, 5.41) is 16.3. The molecule has 0 aliphatic heterocycles. The minimum absolute atomic E-state index is 0.0475. The summed E-state index contributed by atoms with van der Waals surface area (Å²) in [4.78, 5) is 11.8. The molecule has 1 aromatic carbocycles. The molecule has 1 aromatic heterocycles. The zero-order valence-electron chi connectivity index (χ0n) is 10.00. The predicted molar refractivity (Wildman–Crippen MR) is 72.7 cm³/mol. The highest BCUT2D eigenvalue weighted by atomic mass is 32.1. The fourth-order valence-corrected chi connectivity index (χ4v) is 2.45. The molecule has 18 heavy (non-hydrogen) atoms. The van der Waals surface area contributed by atoms with Gasteiger partial charge < -0.3 is 5.32 Å². The van der Waals surface area contributed by atoms with Crippen LogP contribution in [0.5, 0.6) is 0 Å². The second kappa shape index (κ2) is 5.75. The molecule has 0 saturated carbocycles. The summed E-state index contributed by atoms with van der Waals surface area (Å²) >= 11 is 1.67. The average Bonchev–Trinajstić information content (AvgIpc) is 2.89. The fraction of sp³-hybridized carbons (Fsp3) is 0.231. The zero-order chi connectivity index (χ0) is 13.0. The Morgan fingerprint density at radius 3 is 2.78 bits per heavy atom. The van der Waals surface area contributed by atoms with Gasteiger partial charge in [0.2, 0.25) is 0 Å². The minimum atomic E-state index is -0.335. The first kappa shape index (κ1) is 12.7. The number of thiophene rings is 1. The number of hydrogen-bond acceptors (Lipinski definition) is 4. The number of nitro benzene ring substituents is 1. The summed E-state index contributed by atoms with van der Waals surface area (Å²) in [5.41, 5.74) is 0.891. The van der Waals surface area contributed by atoms with E-state index in [1.54, 1.807) is 29.5 Å². The molecule has 1 atom stereocenters. The normalized spacial score (nSPS) is 12.3. The highest BCUT2D eigenvalue weighted by Gasteiger charge is 2.17. The van der Waals surface area contributed by atoms with E-state index in [0.717, 1.165) is 12.1 Å². The zero-order valence-corrected chi connectivity index (χ0v) is 10.8. The second-order valence-corrected chi connectivity index (χ2v) is 5.03. The molecule has 94 valence electrons. The molecule has 0 aliphatic carbocycles. The molecule has 4 nitrogen and oxygen atoms in total. The second-order valence-electron chi connectivity index (χ2n) is 4.00. The lowest BCUT2D eigenvalue weighted by atomic mass is 10.1. The van der Waals surface area contributed by atoms with Crippen LogP contribution in [0.15, 0.2) is 41.8 Å². The van der Waals surface area contributed by atoms with Crippen molar-refractivity contribution < 1.29 is 4.92 Å². The van der Waals surface area contributed by atoms with Gasteiger partial charge in [0.25, 0.3) is 5.69 Å². The lowest BCUT2D eigenvalue weighted by Crippen LogP contribution is -2.18. The van der Waals surface area contributed by atoms with E-state index in [4.69, 9.17) is 0 Å². The van der Waals surface area contributed by atoms with Gasteiger partial charge in [-0.25, -0.2) is 0 Å². The maximum Gasteiger partial charge on any atom is 0.274 e. The van der Waals surface area contributed by atoms with Crippen LogP contribution >= 0.6 is 11.3 Å². The average molecular weight is 262 g/mol. The van der Waals surface area contributed by atoms with Gasteiger partial charge in [0, 0.05) is 29.1 Å². The highest BCUT2D eigenvalue weighted by Crippen LogP contribution is 2.24. The summed E-state index contributed by atoms with van der Waals surface area (Å²) in [6, 6.07) is 10.8. The standard InChI is InChI=1S/C13H14N2O2S/c1-10(14-9-11-5-4-8-18-11)12-6-2-3-7-13(12)15(16)17/h2-8,10,14H,9H2,1H3. The van der Waals surface area contributed by atoms with Crippen LogP contribution in [0.25, 0.3) is 0 Å². The maximum atomic E-state index is 10.9. The third-order valence-corrected chi connectivity index (χ3v) is 3.64. The molecule has 1 unspecified atom stereocenters. The highest BCUT2D eigenvalue weighted by molar-refractivity contribution is 7.09. The molecule has 0 bridgehead atoms. The topological polar surface area (TPSA) is 55.2 Å². The van der Waals surface area contributed by atoms with E-state index in [2.05, 4.69) is 5.32 Å². The van der Waals surface area contributed by atoms with Gasteiger partial charge >= 0.3 is 0 Å². The molecule has 0 radical (unpaired) electrons. The van der Waals surface area contributed by atoms with Crippen molar-refractivity contribution in [2.45, 2.75) is 19.5 Å². The molecular formula is C13H14N2O2S. The number of benzene rings is 1. The summed E-state index contributed by atoms with van der Waals surface area (Å²) in [6.07, 6.45) is 0. The Labute approximate surface area is 109 Å². The Morgan fingerprint density at radius 2 is 2.11 bits per heavy atom. The van der Waals surface area contributed by atoms with Crippen molar-refractivity contribution in [3.8, 4) is 0 Å². The van der Waals surface area contributed by atoms with Gasteiger partial charge in [-0.1, -0.05) is 24.3 Å². The van der Waals surface area contributed by atoms with Crippen molar-refractivity contribution in [1.29, 1.82) is 0 Å². The van der Waals surface area contributed by atoms with E-state index in [9.17, 15) is 10.1 Å². The van der Waals surface area contributed by atoms with Crippen LogP contribution in [-0.4, -0.2) is 4.92 Å². The summed E-state index contributed by atoms with van der Waals surface area (Å²) in [5.74, 6) is 0. The van der Waals surface area contributed by atoms with E-state index in [1.165, 1.54) is 4.88 Å². The van der Waals surface area contributed by atoms with Crippen LogP contribution in [0.4, 0.5) is 5.69 Å². The number of nitrogens with zero attached hydrogens (tertiary/aromatic N) is 1. The maximum absolute atomic E-state index is 10.9.